The normalized spacial score (nSPS) is 7.73. The molecule has 1 rings (SSSR count). The van der Waals surface area contributed by atoms with Crippen LogP contribution in [0, 0.1) is 0 Å². The van der Waals surface area contributed by atoms with Gasteiger partial charge in [-0.05, 0) is 0 Å². The lowest BCUT2D eigenvalue weighted by molar-refractivity contribution is -0.133. The number of hydrogen-bond acceptors (Lipinski definition) is 1. The van der Waals surface area contributed by atoms with Crippen molar-refractivity contribution in [2.75, 3.05) is 4.43 Å². The number of hydrogen-bond donors (Lipinski definition) is 1. The first kappa shape index (κ1) is 10.4. The van der Waals surface area contributed by atoms with Crippen molar-refractivity contribution in [3.05, 3.63) is 36.4 Å². The molecule has 0 spiro atoms. The van der Waals surface area contributed by atoms with Crippen LogP contribution in [0.1, 0.15) is 0 Å². The standard InChI is InChI=1S/C6H6.C2H3IO2/c1-2-4-6-5-3-1;3-1-2(4)5/h1-6H;1H2,(H,4,5). The lowest BCUT2D eigenvalue weighted by atomic mass is 10.4. The highest BCUT2D eigenvalue weighted by Crippen LogP contribution is 1.79. The number of halogens is 1. The van der Waals surface area contributed by atoms with E-state index < -0.39 is 5.97 Å². The van der Waals surface area contributed by atoms with Gasteiger partial charge in [-0.15, -0.1) is 0 Å². The zero-order valence-corrected chi connectivity index (χ0v) is 8.06. The van der Waals surface area contributed by atoms with Gasteiger partial charge in [0.25, 0.3) is 0 Å². The van der Waals surface area contributed by atoms with E-state index in [9.17, 15) is 4.79 Å². The van der Waals surface area contributed by atoms with Gasteiger partial charge in [-0.2, -0.15) is 0 Å². The maximum absolute atomic E-state index is 9.36. The SMILES string of the molecule is O=C(O)CI.c1ccccc1. The maximum Gasteiger partial charge on any atom is 0.313 e. The molecule has 3 heteroatoms. The Kier molecular flexibility index (Phi) is 7.13. The fourth-order valence-electron chi connectivity index (χ4n) is 0.385. The number of rotatable bonds is 1. The van der Waals surface area contributed by atoms with Crippen LogP contribution in [0.2, 0.25) is 0 Å². The van der Waals surface area contributed by atoms with Gasteiger partial charge < -0.3 is 5.11 Å². The van der Waals surface area contributed by atoms with Crippen molar-refractivity contribution < 1.29 is 9.90 Å². The molecule has 0 aliphatic carbocycles. The largest absolute Gasteiger partial charge is 0.481 e. The van der Waals surface area contributed by atoms with Gasteiger partial charge in [-0.1, -0.05) is 59.0 Å². The van der Waals surface area contributed by atoms with Crippen molar-refractivity contribution in [3.8, 4) is 0 Å². The van der Waals surface area contributed by atoms with Gasteiger partial charge >= 0.3 is 5.97 Å². The van der Waals surface area contributed by atoms with E-state index in [1.54, 1.807) is 22.6 Å². The molecule has 0 saturated carbocycles. The van der Waals surface area contributed by atoms with Crippen molar-refractivity contribution in [2.45, 2.75) is 0 Å². The molecule has 0 unspecified atom stereocenters. The third kappa shape index (κ3) is 9.42. The molecule has 0 aromatic heterocycles. The smallest absolute Gasteiger partial charge is 0.313 e. The molecule has 1 aromatic carbocycles. The number of benzene rings is 1. The summed E-state index contributed by atoms with van der Waals surface area (Å²) in [5.41, 5.74) is 0. The van der Waals surface area contributed by atoms with Crippen LogP contribution < -0.4 is 0 Å². The molecule has 60 valence electrons. The zero-order valence-electron chi connectivity index (χ0n) is 5.90. The molecule has 0 aliphatic heterocycles. The van der Waals surface area contributed by atoms with Gasteiger partial charge in [0.2, 0.25) is 0 Å². The van der Waals surface area contributed by atoms with E-state index in [2.05, 4.69) is 0 Å². The summed E-state index contributed by atoms with van der Waals surface area (Å²) in [5.74, 6) is -0.759. The van der Waals surface area contributed by atoms with Crippen LogP contribution in [0.25, 0.3) is 0 Å². The van der Waals surface area contributed by atoms with Gasteiger partial charge in [-0.25, -0.2) is 0 Å². The molecule has 1 aromatic rings. The summed E-state index contributed by atoms with van der Waals surface area (Å²) in [5, 5.41) is 7.71. The summed E-state index contributed by atoms with van der Waals surface area (Å²) >= 11 is 1.78. The minimum absolute atomic E-state index is 0.192. The Morgan fingerprint density at radius 1 is 1.09 bits per heavy atom. The molecule has 0 radical (unpaired) electrons. The Hall–Kier alpha value is -0.580. The van der Waals surface area contributed by atoms with E-state index in [0.29, 0.717) is 0 Å². The first-order valence-electron chi connectivity index (χ1n) is 3.05. The Bertz CT molecular complexity index is 160. The molecular weight excluding hydrogens is 255 g/mol. The minimum atomic E-state index is -0.759. The molecule has 2 nitrogen and oxygen atoms in total. The minimum Gasteiger partial charge on any atom is -0.481 e. The predicted octanol–water partition coefficient (Wildman–Crippen LogP) is 2.19. The molecule has 0 saturated heterocycles. The third-order valence-electron chi connectivity index (χ3n) is 0.781. The number of carboxylic acids is 1. The predicted molar refractivity (Wildman–Crippen MR) is 53.0 cm³/mol. The van der Waals surface area contributed by atoms with Crippen LogP contribution >= 0.6 is 22.6 Å². The van der Waals surface area contributed by atoms with Crippen molar-refractivity contribution >= 4 is 28.6 Å². The summed E-state index contributed by atoms with van der Waals surface area (Å²) in [6.45, 7) is 0. The van der Waals surface area contributed by atoms with Crippen molar-refractivity contribution in [1.82, 2.24) is 0 Å². The topological polar surface area (TPSA) is 37.3 Å². The molecule has 0 atom stereocenters. The zero-order chi connectivity index (χ0) is 8.53. The summed E-state index contributed by atoms with van der Waals surface area (Å²) in [4.78, 5) is 9.36. The van der Waals surface area contributed by atoms with Gasteiger partial charge in [0.05, 0.1) is 4.43 Å². The van der Waals surface area contributed by atoms with E-state index in [4.69, 9.17) is 5.11 Å². The molecule has 11 heavy (non-hydrogen) atoms. The quantitative estimate of drug-likeness (QED) is 0.623. The third-order valence-corrected chi connectivity index (χ3v) is 1.43. The van der Waals surface area contributed by atoms with Crippen LogP contribution in [-0.2, 0) is 4.79 Å². The molecular formula is C8H9IO2. The fourth-order valence-corrected chi connectivity index (χ4v) is 0.385. The Morgan fingerprint density at radius 2 is 1.27 bits per heavy atom. The van der Waals surface area contributed by atoms with Gasteiger partial charge in [0, 0.05) is 0 Å². The van der Waals surface area contributed by atoms with Crippen LogP contribution in [0.3, 0.4) is 0 Å². The van der Waals surface area contributed by atoms with Crippen LogP contribution in [0.5, 0.6) is 0 Å². The molecule has 1 N–H and O–H groups in total. The maximum atomic E-state index is 9.36. The summed E-state index contributed by atoms with van der Waals surface area (Å²) in [7, 11) is 0. The lowest BCUT2D eigenvalue weighted by Gasteiger charge is -1.70. The molecule has 0 aliphatic rings. The van der Waals surface area contributed by atoms with Gasteiger partial charge in [0.15, 0.2) is 0 Å². The molecule has 0 fully saturated rings. The molecule has 0 heterocycles. The van der Waals surface area contributed by atoms with Crippen LogP contribution in [0.4, 0.5) is 0 Å². The van der Waals surface area contributed by atoms with Gasteiger partial charge in [-0.3, -0.25) is 4.79 Å². The summed E-state index contributed by atoms with van der Waals surface area (Å²) < 4.78 is 0.192. The van der Waals surface area contributed by atoms with Crippen molar-refractivity contribution in [2.24, 2.45) is 0 Å². The number of aliphatic carboxylic acids is 1. The molecule has 0 bridgehead atoms. The van der Waals surface area contributed by atoms with Crippen LogP contribution in [-0.4, -0.2) is 15.5 Å². The second kappa shape index (κ2) is 7.53. The number of alkyl halides is 1. The average molecular weight is 264 g/mol. The summed E-state index contributed by atoms with van der Waals surface area (Å²) in [6.07, 6.45) is 0. The number of carbonyl (C=O) groups is 1. The highest BCUT2D eigenvalue weighted by molar-refractivity contribution is 14.1. The average Bonchev–Trinajstić information content (AvgIpc) is 2.09. The van der Waals surface area contributed by atoms with Crippen molar-refractivity contribution in [1.29, 1.82) is 0 Å². The highest BCUT2D eigenvalue weighted by atomic mass is 127. The Labute approximate surface area is 79.4 Å². The van der Waals surface area contributed by atoms with E-state index in [-0.39, 0.29) is 4.43 Å². The first-order chi connectivity index (χ1) is 5.27. The number of carboxylic acid groups (broad SMARTS) is 1. The monoisotopic (exact) mass is 264 g/mol. The van der Waals surface area contributed by atoms with E-state index in [0.717, 1.165) is 0 Å². The van der Waals surface area contributed by atoms with E-state index >= 15 is 0 Å². The van der Waals surface area contributed by atoms with Crippen LogP contribution in [0.15, 0.2) is 36.4 Å². The highest BCUT2D eigenvalue weighted by Gasteiger charge is 1.82. The first-order valence-corrected chi connectivity index (χ1v) is 4.57. The van der Waals surface area contributed by atoms with Crippen molar-refractivity contribution in [3.63, 3.8) is 0 Å². The molecule has 0 amide bonds. The Balaban J connectivity index is 0.000000187. The lowest BCUT2D eigenvalue weighted by Crippen LogP contribution is -1.91. The summed E-state index contributed by atoms with van der Waals surface area (Å²) in [6, 6.07) is 12.0. The second-order valence-electron chi connectivity index (χ2n) is 1.68. The second-order valence-corrected chi connectivity index (χ2v) is 2.44. The fraction of sp³-hybridized carbons (Fsp3) is 0.125. The van der Waals surface area contributed by atoms with Gasteiger partial charge in [0.1, 0.15) is 0 Å². The van der Waals surface area contributed by atoms with E-state index in [1.165, 1.54) is 0 Å². The Morgan fingerprint density at radius 3 is 1.36 bits per heavy atom. The van der Waals surface area contributed by atoms with E-state index in [1.807, 2.05) is 36.4 Å².